The third kappa shape index (κ3) is 3.09. The van der Waals surface area contributed by atoms with E-state index in [1.54, 1.807) is 11.8 Å². The third-order valence-electron chi connectivity index (χ3n) is 5.18. The van der Waals surface area contributed by atoms with Crippen LogP contribution < -0.4 is 0 Å². The Morgan fingerprint density at radius 3 is 2.75 bits per heavy atom. The topological polar surface area (TPSA) is 46.3 Å². The van der Waals surface area contributed by atoms with E-state index in [0.29, 0.717) is 5.75 Å². The van der Waals surface area contributed by atoms with Gasteiger partial charge in [0.1, 0.15) is 5.76 Å². The molecular weight excluding hydrogens is 320 g/mol. The van der Waals surface area contributed by atoms with Crippen LogP contribution in [0.25, 0.3) is 0 Å². The Balaban J connectivity index is 1.47. The zero-order chi connectivity index (χ0) is 16.5. The molecule has 2 aliphatic rings. The van der Waals surface area contributed by atoms with Crippen LogP contribution in [0.15, 0.2) is 39.8 Å². The first-order valence-electron chi connectivity index (χ1n) is 8.64. The molecule has 1 saturated carbocycles. The summed E-state index contributed by atoms with van der Waals surface area (Å²) < 4.78 is 5.27. The number of aromatic nitrogens is 1. The Morgan fingerprint density at radius 1 is 1.29 bits per heavy atom. The molecular formula is C19H22N2O2S. The summed E-state index contributed by atoms with van der Waals surface area (Å²) in [5, 5.41) is 3.92. The summed E-state index contributed by atoms with van der Waals surface area (Å²) >= 11 is 1.64. The highest BCUT2D eigenvalue weighted by molar-refractivity contribution is 7.98. The zero-order valence-corrected chi connectivity index (χ0v) is 14.7. The summed E-state index contributed by atoms with van der Waals surface area (Å²) in [6.45, 7) is 3.78. The number of thioether (sulfide) groups is 1. The van der Waals surface area contributed by atoms with Gasteiger partial charge < -0.3 is 9.42 Å². The molecule has 5 heteroatoms. The van der Waals surface area contributed by atoms with Crippen molar-refractivity contribution in [1.82, 2.24) is 10.1 Å². The van der Waals surface area contributed by atoms with Gasteiger partial charge in [-0.15, -0.1) is 11.8 Å². The van der Waals surface area contributed by atoms with Crippen molar-refractivity contribution >= 4 is 17.7 Å². The van der Waals surface area contributed by atoms with Crippen molar-refractivity contribution in [2.24, 2.45) is 11.8 Å². The monoisotopic (exact) mass is 342 g/mol. The number of carbonyl (C=O) groups excluding carboxylic acids is 1. The number of fused-ring (bicyclic) bond motifs is 1. The van der Waals surface area contributed by atoms with E-state index in [9.17, 15) is 4.79 Å². The Morgan fingerprint density at radius 2 is 2.04 bits per heavy atom. The van der Waals surface area contributed by atoms with Gasteiger partial charge >= 0.3 is 0 Å². The van der Waals surface area contributed by atoms with Crippen LogP contribution in [0, 0.1) is 18.8 Å². The molecule has 4 rings (SSSR count). The molecule has 2 aromatic rings. The fourth-order valence-electron chi connectivity index (χ4n) is 3.97. The molecule has 1 aliphatic carbocycles. The first-order chi connectivity index (χ1) is 11.7. The fraction of sp³-hybridized carbons (Fsp3) is 0.474. The average Bonchev–Trinajstić information content (AvgIpc) is 3.28. The fourth-order valence-corrected chi connectivity index (χ4v) is 4.89. The van der Waals surface area contributed by atoms with Gasteiger partial charge in [0.15, 0.2) is 0 Å². The molecule has 1 aromatic carbocycles. The van der Waals surface area contributed by atoms with E-state index < -0.39 is 0 Å². The van der Waals surface area contributed by atoms with Gasteiger partial charge in [0.05, 0.1) is 17.0 Å². The molecule has 2 heterocycles. The second-order valence-electron chi connectivity index (χ2n) is 6.88. The van der Waals surface area contributed by atoms with Crippen molar-refractivity contribution in [1.29, 1.82) is 0 Å². The minimum Gasteiger partial charge on any atom is -0.360 e. The number of hydrogen-bond donors (Lipinski definition) is 0. The molecule has 4 nitrogen and oxygen atoms in total. The summed E-state index contributed by atoms with van der Waals surface area (Å²) in [6, 6.07) is 9.86. The van der Waals surface area contributed by atoms with E-state index in [0.717, 1.165) is 46.8 Å². The lowest BCUT2D eigenvalue weighted by Gasteiger charge is -2.19. The first kappa shape index (κ1) is 15.8. The van der Waals surface area contributed by atoms with E-state index in [-0.39, 0.29) is 5.91 Å². The maximum atomic E-state index is 13.0. The number of nitrogens with zero attached hydrogens (tertiary/aromatic N) is 2. The molecule has 0 radical (unpaired) electrons. The SMILES string of the molecule is Cc1cc(CSc2ccccc2C(=O)N2CC3CCCC3C2)on1. The molecule has 24 heavy (non-hydrogen) atoms. The maximum absolute atomic E-state index is 13.0. The summed E-state index contributed by atoms with van der Waals surface area (Å²) in [4.78, 5) is 16.1. The van der Waals surface area contributed by atoms with Crippen LogP contribution in [-0.2, 0) is 5.75 Å². The molecule has 1 saturated heterocycles. The number of benzene rings is 1. The second kappa shape index (κ2) is 6.63. The average molecular weight is 342 g/mol. The molecule has 2 fully saturated rings. The van der Waals surface area contributed by atoms with Gasteiger partial charge in [0.25, 0.3) is 5.91 Å². The Labute approximate surface area is 146 Å². The molecule has 126 valence electrons. The van der Waals surface area contributed by atoms with Crippen molar-refractivity contribution in [3.05, 3.63) is 47.3 Å². The van der Waals surface area contributed by atoms with Gasteiger partial charge in [-0.05, 0) is 43.7 Å². The normalized spacial score (nSPS) is 22.8. The summed E-state index contributed by atoms with van der Waals surface area (Å²) in [7, 11) is 0. The number of likely N-dealkylation sites (tertiary alicyclic amines) is 1. The van der Waals surface area contributed by atoms with Crippen LogP contribution in [-0.4, -0.2) is 29.1 Å². The molecule has 2 unspecified atom stereocenters. The standard InChI is InChI=1S/C19H22N2O2S/c1-13-9-16(23-20-13)12-24-18-8-3-2-7-17(18)19(22)21-10-14-5-4-6-15(14)11-21/h2-3,7-9,14-15H,4-6,10-12H2,1H3. The summed E-state index contributed by atoms with van der Waals surface area (Å²) in [5.74, 6) is 3.17. The predicted molar refractivity (Wildman–Crippen MR) is 94.0 cm³/mol. The smallest absolute Gasteiger partial charge is 0.255 e. The maximum Gasteiger partial charge on any atom is 0.255 e. The molecule has 0 spiro atoms. The van der Waals surface area contributed by atoms with Crippen LogP contribution in [0.3, 0.4) is 0 Å². The minimum absolute atomic E-state index is 0.182. The summed E-state index contributed by atoms with van der Waals surface area (Å²) in [6.07, 6.45) is 3.91. The molecule has 1 aliphatic heterocycles. The van der Waals surface area contributed by atoms with Crippen molar-refractivity contribution in [2.45, 2.75) is 36.8 Å². The van der Waals surface area contributed by atoms with Crippen molar-refractivity contribution in [3.63, 3.8) is 0 Å². The number of hydrogen-bond acceptors (Lipinski definition) is 4. The van der Waals surface area contributed by atoms with Gasteiger partial charge in [-0.2, -0.15) is 0 Å². The lowest BCUT2D eigenvalue weighted by atomic mass is 10.0. The van der Waals surface area contributed by atoms with Gasteiger partial charge in [0, 0.05) is 24.1 Å². The second-order valence-corrected chi connectivity index (χ2v) is 7.90. The van der Waals surface area contributed by atoms with Gasteiger partial charge in [-0.3, -0.25) is 4.79 Å². The predicted octanol–water partition coefficient (Wildman–Crippen LogP) is 4.15. The molecule has 1 aromatic heterocycles. The first-order valence-corrected chi connectivity index (χ1v) is 9.62. The van der Waals surface area contributed by atoms with E-state index in [1.165, 1.54) is 19.3 Å². The van der Waals surface area contributed by atoms with Crippen LogP contribution in [0.5, 0.6) is 0 Å². The number of amides is 1. The van der Waals surface area contributed by atoms with Gasteiger partial charge in [-0.1, -0.05) is 23.7 Å². The molecule has 0 N–H and O–H groups in total. The largest absolute Gasteiger partial charge is 0.360 e. The van der Waals surface area contributed by atoms with Gasteiger partial charge in [-0.25, -0.2) is 0 Å². The zero-order valence-electron chi connectivity index (χ0n) is 13.9. The number of aryl methyl sites for hydroxylation is 1. The highest BCUT2D eigenvalue weighted by atomic mass is 32.2. The Kier molecular flexibility index (Phi) is 4.35. The van der Waals surface area contributed by atoms with Gasteiger partial charge in [0.2, 0.25) is 0 Å². The van der Waals surface area contributed by atoms with Crippen molar-refractivity contribution in [3.8, 4) is 0 Å². The van der Waals surface area contributed by atoms with Crippen molar-refractivity contribution in [2.75, 3.05) is 13.1 Å². The quantitative estimate of drug-likeness (QED) is 0.783. The Bertz CT molecular complexity index is 730. The lowest BCUT2D eigenvalue weighted by Crippen LogP contribution is -2.29. The highest BCUT2D eigenvalue weighted by Crippen LogP contribution is 2.38. The highest BCUT2D eigenvalue weighted by Gasteiger charge is 2.38. The van der Waals surface area contributed by atoms with Crippen LogP contribution in [0.4, 0.5) is 0 Å². The molecule has 2 atom stereocenters. The van der Waals surface area contributed by atoms with E-state index in [1.807, 2.05) is 37.3 Å². The van der Waals surface area contributed by atoms with E-state index in [4.69, 9.17) is 4.52 Å². The van der Waals surface area contributed by atoms with E-state index >= 15 is 0 Å². The minimum atomic E-state index is 0.182. The van der Waals surface area contributed by atoms with Crippen LogP contribution in [0.2, 0.25) is 0 Å². The molecule has 0 bridgehead atoms. The van der Waals surface area contributed by atoms with Crippen molar-refractivity contribution < 1.29 is 9.32 Å². The van der Waals surface area contributed by atoms with E-state index in [2.05, 4.69) is 10.1 Å². The van der Waals surface area contributed by atoms with Crippen LogP contribution in [0.1, 0.15) is 41.1 Å². The Hall–Kier alpha value is -1.75. The summed E-state index contributed by atoms with van der Waals surface area (Å²) in [5.41, 5.74) is 1.71. The third-order valence-corrected chi connectivity index (χ3v) is 6.27. The number of carbonyl (C=O) groups is 1. The lowest BCUT2D eigenvalue weighted by molar-refractivity contribution is 0.0777. The molecule has 1 amide bonds. The van der Waals surface area contributed by atoms with Crippen LogP contribution >= 0.6 is 11.8 Å². The number of rotatable bonds is 4.